The molecule has 1 N–H and O–H groups in total. The zero-order valence-electron chi connectivity index (χ0n) is 12.1. The van der Waals surface area contributed by atoms with Crippen molar-refractivity contribution >= 4 is 5.97 Å². The van der Waals surface area contributed by atoms with Crippen molar-refractivity contribution in [2.75, 3.05) is 0 Å². The van der Waals surface area contributed by atoms with Crippen LogP contribution in [0.25, 0.3) is 0 Å². The molecule has 0 aromatic carbocycles. The lowest BCUT2D eigenvalue weighted by atomic mass is 9.95. The van der Waals surface area contributed by atoms with Crippen molar-refractivity contribution in [3.8, 4) is 0 Å². The van der Waals surface area contributed by atoms with E-state index in [1.54, 1.807) is 16.9 Å². The van der Waals surface area contributed by atoms with Crippen molar-refractivity contribution < 1.29 is 9.90 Å². The number of rotatable bonds is 10. The first-order chi connectivity index (χ1) is 9.19. The minimum atomic E-state index is -0.895. The smallest absolute Gasteiger partial charge is 0.354 e. The number of hydrogen-bond donors (Lipinski definition) is 1. The van der Waals surface area contributed by atoms with Gasteiger partial charge in [-0.3, -0.25) is 4.68 Å². The second kappa shape index (κ2) is 8.73. The van der Waals surface area contributed by atoms with E-state index in [2.05, 4.69) is 18.9 Å². The van der Waals surface area contributed by atoms with Gasteiger partial charge in [0.05, 0.1) is 0 Å². The number of carboxylic acids is 1. The van der Waals surface area contributed by atoms with Crippen LogP contribution in [0.5, 0.6) is 0 Å². The summed E-state index contributed by atoms with van der Waals surface area (Å²) in [4.78, 5) is 11.0. The lowest BCUT2D eigenvalue weighted by Gasteiger charge is -2.15. The Hall–Kier alpha value is -1.32. The molecule has 0 amide bonds. The lowest BCUT2D eigenvalue weighted by molar-refractivity contribution is 0.0682. The summed E-state index contributed by atoms with van der Waals surface area (Å²) in [6.45, 7) is 5.15. The van der Waals surface area contributed by atoms with E-state index in [4.69, 9.17) is 5.11 Å². The fourth-order valence-electron chi connectivity index (χ4n) is 2.41. The minimum Gasteiger partial charge on any atom is -0.477 e. The molecule has 0 saturated carbocycles. The maximum atomic E-state index is 11.0. The molecular formula is C15H26N2O2. The highest BCUT2D eigenvalue weighted by molar-refractivity contribution is 5.85. The van der Waals surface area contributed by atoms with Gasteiger partial charge in [-0.25, -0.2) is 4.79 Å². The summed E-state index contributed by atoms with van der Waals surface area (Å²) < 4.78 is 1.61. The summed E-state index contributed by atoms with van der Waals surface area (Å²) in [7, 11) is 0. The van der Waals surface area contributed by atoms with Crippen molar-refractivity contribution in [2.24, 2.45) is 5.92 Å². The molecule has 108 valence electrons. The van der Waals surface area contributed by atoms with Crippen LogP contribution in [0.3, 0.4) is 0 Å². The second-order valence-electron chi connectivity index (χ2n) is 5.16. The maximum Gasteiger partial charge on any atom is 0.354 e. The summed E-state index contributed by atoms with van der Waals surface area (Å²) in [5.74, 6) is -0.212. The van der Waals surface area contributed by atoms with Gasteiger partial charge in [-0.05, 0) is 18.4 Å². The monoisotopic (exact) mass is 266 g/mol. The summed E-state index contributed by atoms with van der Waals surface area (Å²) in [6.07, 6.45) is 10.2. The number of aromatic carboxylic acids is 1. The minimum absolute atomic E-state index is 0.292. The number of aryl methyl sites for hydroxylation is 1. The zero-order valence-corrected chi connectivity index (χ0v) is 12.1. The molecule has 1 atom stereocenters. The van der Waals surface area contributed by atoms with Crippen LogP contribution in [0.2, 0.25) is 0 Å². The highest BCUT2D eigenvalue weighted by atomic mass is 16.4. The largest absolute Gasteiger partial charge is 0.477 e. The predicted octanol–water partition coefficient (Wildman–Crippen LogP) is 3.97. The zero-order chi connectivity index (χ0) is 14.1. The standard InChI is InChI=1S/C15H26N2O2/c1-3-5-6-7-8-13(4-2)10-12-17-14(15(18)19)9-11-16-17/h9,11,13H,3-8,10,12H2,1-2H3,(H,18,19). The van der Waals surface area contributed by atoms with E-state index in [1.165, 1.54) is 32.1 Å². The van der Waals surface area contributed by atoms with E-state index in [0.29, 0.717) is 18.2 Å². The molecule has 1 aromatic heterocycles. The van der Waals surface area contributed by atoms with Gasteiger partial charge in [-0.1, -0.05) is 52.4 Å². The molecule has 0 spiro atoms. The first-order valence-electron chi connectivity index (χ1n) is 7.44. The van der Waals surface area contributed by atoms with Gasteiger partial charge < -0.3 is 5.11 Å². The summed E-state index contributed by atoms with van der Waals surface area (Å²) in [5, 5.41) is 13.1. The van der Waals surface area contributed by atoms with Crippen molar-refractivity contribution in [3.05, 3.63) is 18.0 Å². The Morgan fingerprint density at radius 1 is 1.32 bits per heavy atom. The van der Waals surface area contributed by atoms with Crippen LogP contribution in [-0.2, 0) is 6.54 Å². The highest BCUT2D eigenvalue weighted by Gasteiger charge is 2.12. The molecule has 1 unspecified atom stereocenters. The van der Waals surface area contributed by atoms with E-state index >= 15 is 0 Å². The number of aromatic nitrogens is 2. The SMILES string of the molecule is CCCCCCC(CC)CCn1nccc1C(=O)O. The van der Waals surface area contributed by atoms with Gasteiger partial charge in [0.1, 0.15) is 5.69 Å². The third kappa shape index (κ3) is 5.45. The summed E-state index contributed by atoms with van der Waals surface area (Å²) >= 11 is 0. The van der Waals surface area contributed by atoms with Crippen LogP contribution in [0.4, 0.5) is 0 Å². The van der Waals surface area contributed by atoms with Crippen LogP contribution in [0.15, 0.2) is 12.3 Å². The van der Waals surface area contributed by atoms with Gasteiger partial charge in [0.2, 0.25) is 0 Å². The summed E-state index contributed by atoms with van der Waals surface area (Å²) in [6, 6.07) is 1.56. The van der Waals surface area contributed by atoms with Crippen LogP contribution >= 0.6 is 0 Å². The van der Waals surface area contributed by atoms with Crippen molar-refractivity contribution in [3.63, 3.8) is 0 Å². The highest BCUT2D eigenvalue weighted by Crippen LogP contribution is 2.19. The predicted molar refractivity (Wildman–Crippen MR) is 76.3 cm³/mol. The van der Waals surface area contributed by atoms with Crippen molar-refractivity contribution in [2.45, 2.75) is 65.3 Å². The Morgan fingerprint density at radius 3 is 2.74 bits per heavy atom. The molecule has 0 bridgehead atoms. The Balaban J connectivity index is 2.36. The van der Waals surface area contributed by atoms with Crippen LogP contribution < -0.4 is 0 Å². The maximum absolute atomic E-state index is 11.0. The van der Waals surface area contributed by atoms with Gasteiger partial charge in [-0.2, -0.15) is 5.10 Å². The number of nitrogens with zero attached hydrogens (tertiary/aromatic N) is 2. The molecule has 1 aromatic rings. The Morgan fingerprint density at radius 2 is 2.11 bits per heavy atom. The Kier molecular flexibility index (Phi) is 7.23. The number of carboxylic acid groups (broad SMARTS) is 1. The fourth-order valence-corrected chi connectivity index (χ4v) is 2.41. The molecule has 4 nitrogen and oxygen atoms in total. The normalized spacial score (nSPS) is 12.5. The van der Waals surface area contributed by atoms with Crippen molar-refractivity contribution in [1.82, 2.24) is 9.78 Å². The molecule has 0 aliphatic rings. The second-order valence-corrected chi connectivity index (χ2v) is 5.16. The fraction of sp³-hybridized carbons (Fsp3) is 0.733. The molecule has 0 aliphatic carbocycles. The molecule has 4 heteroatoms. The molecule has 0 aliphatic heterocycles. The quantitative estimate of drug-likeness (QED) is 0.652. The molecule has 1 rings (SSSR count). The van der Waals surface area contributed by atoms with Crippen LogP contribution in [0, 0.1) is 5.92 Å². The van der Waals surface area contributed by atoms with Crippen LogP contribution in [-0.4, -0.2) is 20.9 Å². The number of carbonyl (C=O) groups is 1. The molecule has 0 saturated heterocycles. The molecule has 0 fully saturated rings. The Labute approximate surface area is 115 Å². The van der Waals surface area contributed by atoms with Gasteiger partial charge in [0.15, 0.2) is 0 Å². The molecule has 0 radical (unpaired) electrons. The molecule has 1 heterocycles. The van der Waals surface area contributed by atoms with E-state index in [1.807, 2.05) is 0 Å². The number of hydrogen-bond acceptors (Lipinski definition) is 2. The first-order valence-corrected chi connectivity index (χ1v) is 7.44. The third-order valence-electron chi connectivity index (χ3n) is 3.73. The van der Waals surface area contributed by atoms with E-state index in [0.717, 1.165) is 12.8 Å². The van der Waals surface area contributed by atoms with Crippen molar-refractivity contribution in [1.29, 1.82) is 0 Å². The van der Waals surface area contributed by atoms with E-state index in [9.17, 15) is 4.79 Å². The summed E-state index contributed by atoms with van der Waals surface area (Å²) in [5.41, 5.74) is 0.292. The lowest BCUT2D eigenvalue weighted by Crippen LogP contribution is -2.13. The third-order valence-corrected chi connectivity index (χ3v) is 3.73. The topological polar surface area (TPSA) is 55.1 Å². The van der Waals surface area contributed by atoms with Gasteiger partial charge in [-0.15, -0.1) is 0 Å². The number of unbranched alkanes of at least 4 members (excludes halogenated alkanes) is 3. The average molecular weight is 266 g/mol. The van der Waals surface area contributed by atoms with Gasteiger partial charge in [0, 0.05) is 12.7 Å². The van der Waals surface area contributed by atoms with Gasteiger partial charge in [0.25, 0.3) is 0 Å². The van der Waals surface area contributed by atoms with Crippen LogP contribution in [0.1, 0.15) is 69.3 Å². The Bertz CT molecular complexity index is 374. The molecular weight excluding hydrogens is 240 g/mol. The molecule has 19 heavy (non-hydrogen) atoms. The average Bonchev–Trinajstić information content (AvgIpc) is 2.86. The first kappa shape index (κ1) is 15.7. The van der Waals surface area contributed by atoms with E-state index in [-0.39, 0.29) is 0 Å². The van der Waals surface area contributed by atoms with E-state index < -0.39 is 5.97 Å². The van der Waals surface area contributed by atoms with Gasteiger partial charge >= 0.3 is 5.97 Å².